The molecule has 7 heteroatoms. The van der Waals surface area contributed by atoms with Gasteiger partial charge in [-0.25, -0.2) is 9.18 Å². The highest BCUT2D eigenvalue weighted by molar-refractivity contribution is 5.81. The molecule has 6 nitrogen and oxygen atoms in total. The molecule has 2 saturated heterocycles. The van der Waals surface area contributed by atoms with Crippen LogP contribution in [0.15, 0.2) is 48.5 Å². The summed E-state index contributed by atoms with van der Waals surface area (Å²) in [6.07, 6.45) is 0.723. The number of piperazine rings is 1. The Kier molecular flexibility index (Phi) is 7.39. The molecular weight excluding hydrogens is 431 g/mol. The molecule has 2 fully saturated rings. The molecule has 0 unspecified atom stereocenters. The highest BCUT2D eigenvalue weighted by Crippen LogP contribution is 2.32. The number of amides is 3. The summed E-state index contributed by atoms with van der Waals surface area (Å²) in [5.74, 6) is -0.285. The number of hydrogen-bond acceptors (Lipinski definition) is 3. The summed E-state index contributed by atoms with van der Waals surface area (Å²) >= 11 is 0. The second-order valence-electron chi connectivity index (χ2n) is 9.82. The van der Waals surface area contributed by atoms with Gasteiger partial charge in [0, 0.05) is 51.2 Å². The van der Waals surface area contributed by atoms with Crippen LogP contribution < -0.4 is 10.2 Å². The number of rotatable bonds is 4. The average molecular weight is 467 g/mol. The molecule has 0 saturated carbocycles. The lowest BCUT2D eigenvalue weighted by molar-refractivity contribution is -0.137. The van der Waals surface area contributed by atoms with Crippen molar-refractivity contribution in [3.8, 4) is 0 Å². The summed E-state index contributed by atoms with van der Waals surface area (Å²) in [6, 6.07) is 15.0. The van der Waals surface area contributed by atoms with Crippen molar-refractivity contribution >= 4 is 17.6 Å². The van der Waals surface area contributed by atoms with Gasteiger partial charge < -0.3 is 20.0 Å². The van der Waals surface area contributed by atoms with Crippen LogP contribution in [0.2, 0.25) is 0 Å². The molecule has 0 aliphatic carbocycles. The SMILES string of the molecule is Cc1cccc([C@@H]2C[C@@H](C(=O)N3CCN(c4ccccc4F)CC3)CN(C(=O)NC(C)C)C2)c1. The molecule has 2 aromatic rings. The molecule has 0 radical (unpaired) electrons. The van der Waals surface area contributed by atoms with Crippen LogP contribution in [0.5, 0.6) is 0 Å². The molecule has 0 bridgehead atoms. The van der Waals surface area contributed by atoms with E-state index >= 15 is 0 Å². The lowest BCUT2D eigenvalue weighted by atomic mass is 9.83. The lowest BCUT2D eigenvalue weighted by Gasteiger charge is -2.42. The number of piperidine rings is 1. The molecule has 2 heterocycles. The zero-order chi connectivity index (χ0) is 24.2. The number of halogens is 1. The molecule has 2 aliphatic rings. The van der Waals surface area contributed by atoms with Gasteiger partial charge in [0.1, 0.15) is 5.82 Å². The number of hydrogen-bond donors (Lipinski definition) is 1. The number of anilines is 1. The standard InChI is InChI=1S/C27H35FN4O2/c1-19(2)29-27(34)32-17-22(21-8-6-7-20(3)15-21)16-23(18-32)26(33)31-13-11-30(12-14-31)25-10-5-4-9-24(25)28/h4-10,15,19,22-23H,11-14,16-18H2,1-3H3,(H,29,34)/t22-,23-/m1/s1. The summed E-state index contributed by atoms with van der Waals surface area (Å²) in [4.78, 5) is 32.1. The Morgan fingerprint density at radius 1 is 0.971 bits per heavy atom. The number of carbonyl (C=O) groups excluding carboxylic acids is 2. The second kappa shape index (κ2) is 10.5. The van der Waals surface area contributed by atoms with Crippen LogP contribution in [-0.4, -0.2) is 67.0 Å². The Morgan fingerprint density at radius 3 is 2.38 bits per heavy atom. The van der Waals surface area contributed by atoms with Crippen molar-refractivity contribution in [3.05, 3.63) is 65.5 Å². The third kappa shape index (κ3) is 5.51. The van der Waals surface area contributed by atoms with Crippen LogP contribution in [0.1, 0.15) is 37.3 Å². The summed E-state index contributed by atoms with van der Waals surface area (Å²) in [5, 5.41) is 2.98. The average Bonchev–Trinajstić information content (AvgIpc) is 2.83. The Morgan fingerprint density at radius 2 is 1.71 bits per heavy atom. The van der Waals surface area contributed by atoms with Crippen LogP contribution in [0.25, 0.3) is 0 Å². The number of likely N-dealkylation sites (tertiary alicyclic amines) is 1. The normalized spacial score (nSPS) is 21.0. The predicted molar refractivity (Wildman–Crippen MR) is 132 cm³/mol. The number of benzene rings is 2. The number of nitrogens with one attached hydrogen (secondary N) is 1. The van der Waals surface area contributed by atoms with E-state index in [0.717, 1.165) is 6.42 Å². The van der Waals surface area contributed by atoms with E-state index < -0.39 is 0 Å². The summed E-state index contributed by atoms with van der Waals surface area (Å²) in [7, 11) is 0. The fraction of sp³-hybridized carbons (Fsp3) is 0.481. The van der Waals surface area contributed by atoms with E-state index in [0.29, 0.717) is 45.0 Å². The van der Waals surface area contributed by atoms with E-state index in [1.165, 1.54) is 17.2 Å². The highest BCUT2D eigenvalue weighted by atomic mass is 19.1. The molecular formula is C27H35FN4O2. The Hall–Kier alpha value is -3.09. The van der Waals surface area contributed by atoms with Crippen molar-refractivity contribution < 1.29 is 14.0 Å². The molecule has 182 valence electrons. The van der Waals surface area contributed by atoms with Gasteiger partial charge in [0.2, 0.25) is 5.91 Å². The van der Waals surface area contributed by atoms with Gasteiger partial charge in [-0.05, 0) is 44.9 Å². The van der Waals surface area contributed by atoms with E-state index in [-0.39, 0.29) is 35.6 Å². The van der Waals surface area contributed by atoms with Crippen LogP contribution in [-0.2, 0) is 4.79 Å². The van der Waals surface area contributed by atoms with Crippen LogP contribution in [0.4, 0.5) is 14.9 Å². The Bertz CT molecular complexity index is 1020. The fourth-order valence-electron chi connectivity index (χ4n) is 5.08. The number of nitrogens with zero attached hydrogens (tertiary/aromatic N) is 3. The Balaban J connectivity index is 1.47. The minimum Gasteiger partial charge on any atom is -0.366 e. The molecule has 34 heavy (non-hydrogen) atoms. The number of urea groups is 1. The van der Waals surface area contributed by atoms with Crippen molar-refractivity contribution in [2.45, 2.75) is 39.2 Å². The topological polar surface area (TPSA) is 55.9 Å². The van der Waals surface area contributed by atoms with E-state index in [9.17, 15) is 14.0 Å². The fourth-order valence-corrected chi connectivity index (χ4v) is 5.08. The van der Waals surface area contributed by atoms with Crippen molar-refractivity contribution in [1.29, 1.82) is 0 Å². The van der Waals surface area contributed by atoms with Crippen molar-refractivity contribution in [3.63, 3.8) is 0 Å². The summed E-state index contributed by atoms with van der Waals surface area (Å²) < 4.78 is 14.2. The molecule has 3 amide bonds. The maximum atomic E-state index is 14.2. The number of carbonyl (C=O) groups is 2. The first-order chi connectivity index (χ1) is 16.3. The maximum absolute atomic E-state index is 14.2. The Labute approximate surface area is 201 Å². The largest absolute Gasteiger partial charge is 0.366 e. The van der Waals surface area contributed by atoms with Gasteiger partial charge in [-0.15, -0.1) is 0 Å². The molecule has 1 N–H and O–H groups in total. The zero-order valence-electron chi connectivity index (χ0n) is 20.3. The quantitative estimate of drug-likeness (QED) is 0.741. The monoisotopic (exact) mass is 466 g/mol. The van der Waals surface area contributed by atoms with E-state index in [1.54, 1.807) is 17.0 Å². The number of para-hydroxylation sites is 1. The summed E-state index contributed by atoms with van der Waals surface area (Å²) in [5.41, 5.74) is 2.93. The second-order valence-corrected chi connectivity index (χ2v) is 9.82. The van der Waals surface area contributed by atoms with E-state index in [2.05, 4.69) is 30.4 Å². The third-order valence-corrected chi connectivity index (χ3v) is 6.80. The molecule has 4 rings (SSSR count). The van der Waals surface area contributed by atoms with Gasteiger partial charge in [-0.2, -0.15) is 0 Å². The van der Waals surface area contributed by atoms with Gasteiger partial charge in [0.15, 0.2) is 0 Å². The van der Waals surface area contributed by atoms with Crippen LogP contribution in [0, 0.1) is 18.7 Å². The first-order valence-corrected chi connectivity index (χ1v) is 12.2. The predicted octanol–water partition coefficient (Wildman–Crippen LogP) is 4.01. The minimum atomic E-state index is -0.253. The first-order valence-electron chi connectivity index (χ1n) is 12.2. The van der Waals surface area contributed by atoms with E-state index in [4.69, 9.17) is 0 Å². The van der Waals surface area contributed by atoms with Gasteiger partial charge in [-0.3, -0.25) is 4.79 Å². The van der Waals surface area contributed by atoms with Crippen molar-refractivity contribution in [2.75, 3.05) is 44.2 Å². The third-order valence-electron chi connectivity index (χ3n) is 6.80. The summed E-state index contributed by atoms with van der Waals surface area (Å²) in [6.45, 7) is 9.27. The van der Waals surface area contributed by atoms with Crippen LogP contribution >= 0.6 is 0 Å². The molecule has 0 spiro atoms. The van der Waals surface area contributed by atoms with Crippen molar-refractivity contribution in [2.24, 2.45) is 5.92 Å². The molecule has 2 atom stereocenters. The first kappa shape index (κ1) is 24.0. The zero-order valence-corrected chi connectivity index (χ0v) is 20.3. The van der Waals surface area contributed by atoms with E-state index in [1.807, 2.05) is 35.8 Å². The molecule has 2 aliphatic heterocycles. The molecule has 2 aromatic carbocycles. The van der Waals surface area contributed by atoms with Crippen molar-refractivity contribution in [1.82, 2.24) is 15.1 Å². The van der Waals surface area contributed by atoms with Gasteiger partial charge in [0.05, 0.1) is 11.6 Å². The van der Waals surface area contributed by atoms with Gasteiger partial charge >= 0.3 is 6.03 Å². The maximum Gasteiger partial charge on any atom is 0.317 e. The highest BCUT2D eigenvalue weighted by Gasteiger charge is 2.37. The number of aryl methyl sites for hydroxylation is 1. The molecule has 0 aromatic heterocycles. The smallest absolute Gasteiger partial charge is 0.317 e. The van der Waals surface area contributed by atoms with Crippen LogP contribution in [0.3, 0.4) is 0 Å². The lowest BCUT2D eigenvalue weighted by Crippen LogP contribution is -2.55. The van der Waals surface area contributed by atoms with Gasteiger partial charge in [0.25, 0.3) is 0 Å². The van der Waals surface area contributed by atoms with Gasteiger partial charge in [-0.1, -0.05) is 42.0 Å². The minimum absolute atomic E-state index is 0.0347.